The summed E-state index contributed by atoms with van der Waals surface area (Å²) in [7, 11) is 0. The largest absolute Gasteiger partial charge is 0.476 e. The molecule has 0 aliphatic rings. The van der Waals surface area contributed by atoms with E-state index in [1.165, 1.54) is 27.7 Å². The molecule has 0 saturated heterocycles. The molecule has 2 rings (SSSR count). The lowest BCUT2D eigenvalue weighted by Gasteiger charge is -2.10. The summed E-state index contributed by atoms with van der Waals surface area (Å²) in [6.07, 6.45) is 1.33. The van der Waals surface area contributed by atoms with E-state index in [1.54, 1.807) is 6.92 Å². The third kappa shape index (κ3) is 3.31. The summed E-state index contributed by atoms with van der Waals surface area (Å²) >= 11 is 1.18. The number of tetrazole rings is 1. The molecule has 2 aromatic rings. The van der Waals surface area contributed by atoms with E-state index in [9.17, 15) is 9.59 Å². The average Bonchev–Trinajstić information content (AvgIpc) is 2.98. The van der Waals surface area contributed by atoms with Crippen molar-refractivity contribution in [2.24, 2.45) is 0 Å². The summed E-state index contributed by atoms with van der Waals surface area (Å²) in [5.41, 5.74) is -0.0263. The summed E-state index contributed by atoms with van der Waals surface area (Å²) in [5, 5.41) is 23.8. The fourth-order valence-electron chi connectivity index (χ4n) is 1.33. The number of aromatic carboxylic acids is 1. The Kier molecular flexibility index (Phi) is 3.80. The number of carbonyl (C=O) groups is 2. The highest BCUT2D eigenvalue weighted by molar-refractivity contribution is 7.09. The van der Waals surface area contributed by atoms with Crippen LogP contribution in [0.3, 0.4) is 0 Å². The topological polar surface area (TPSA) is 123 Å². The second kappa shape index (κ2) is 5.52. The number of carboxylic acids is 1. The SMILES string of the molecule is CC(NC(=O)Cn1cnnn1)c1nc(C(=O)O)cs1. The third-order valence-electron chi connectivity index (χ3n) is 2.19. The smallest absolute Gasteiger partial charge is 0.355 e. The summed E-state index contributed by atoms with van der Waals surface area (Å²) in [5.74, 6) is -1.37. The van der Waals surface area contributed by atoms with Crippen LogP contribution in [-0.4, -0.2) is 42.2 Å². The van der Waals surface area contributed by atoms with Crippen molar-refractivity contribution in [2.75, 3.05) is 0 Å². The molecule has 19 heavy (non-hydrogen) atoms. The molecule has 100 valence electrons. The zero-order valence-corrected chi connectivity index (χ0v) is 10.7. The van der Waals surface area contributed by atoms with E-state index in [0.29, 0.717) is 5.01 Å². The zero-order chi connectivity index (χ0) is 13.8. The van der Waals surface area contributed by atoms with Crippen molar-refractivity contribution < 1.29 is 14.7 Å². The quantitative estimate of drug-likeness (QED) is 0.772. The van der Waals surface area contributed by atoms with E-state index >= 15 is 0 Å². The molecule has 1 unspecified atom stereocenters. The lowest BCUT2D eigenvalue weighted by Crippen LogP contribution is -2.30. The second-order valence-electron chi connectivity index (χ2n) is 3.67. The molecule has 10 heteroatoms. The van der Waals surface area contributed by atoms with Gasteiger partial charge < -0.3 is 10.4 Å². The highest BCUT2D eigenvalue weighted by Crippen LogP contribution is 2.17. The molecule has 0 radical (unpaired) electrons. The standard InChI is InChI=1S/C9H10N6O3S/c1-5(8-12-6(3-19-8)9(17)18)11-7(16)2-15-4-10-13-14-15/h3-5H,2H2,1H3,(H,11,16)(H,17,18). The van der Waals surface area contributed by atoms with E-state index in [4.69, 9.17) is 5.11 Å². The minimum atomic E-state index is -1.09. The van der Waals surface area contributed by atoms with Crippen LogP contribution in [0.5, 0.6) is 0 Å². The Hall–Kier alpha value is -2.36. The Morgan fingerprint density at radius 2 is 2.37 bits per heavy atom. The highest BCUT2D eigenvalue weighted by Gasteiger charge is 2.16. The molecule has 1 amide bonds. The Morgan fingerprint density at radius 1 is 1.58 bits per heavy atom. The molecule has 2 N–H and O–H groups in total. The maximum atomic E-state index is 11.7. The molecule has 2 heterocycles. The van der Waals surface area contributed by atoms with Crippen LogP contribution in [0.2, 0.25) is 0 Å². The first-order valence-corrected chi connectivity index (χ1v) is 6.13. The number of amides is 1. The number of nitrogens with one attached hydrogen (secondary N) is 1. The molecule has 0 spiro atoms. The Labute approximate surface area is 111 Å². The summed E-state index contributed by atoms with van der Waals surface area (Å²) in [6, 6.07) is -0.373. The van der Waals surface area contributed by atoms with Gasteiger partial charge in [-0.05, 0) is 17.4 Å². The van der Waals surface area contributed by atoms with Gasteiger partial charge in [0, 0.05) is 5.38 Å². The van der Waals surface area contributed by atoms with E-state index < -0.39 is 5.97 Å². The molecule has 0 fully saturated rings. The van der Waals surface area contributed by atoms with Crippen LogP contribution in [0.4, 0.5) is 0 Å². The van der Waals surface area contributed by atoms with Crippen LogP contribution < -0.4 is 5.32 Å². The predicted molar refractivity (Wildman–Crippen MR) is 63.4 cm³/mol. The number of carboxylic acid groups (broad SMARTS) is 1. The van der Waals surface area contributed by atoms with Crippen molar-refractivity contribution >= 4 is 23.2 Å². The van der Waals surface area contributed by atoms with Gasteiger partial charge in [0.25, 0.3) is 0 Å². The van der Waals surface area contributed by atoms with Crippen LogP contribution in [0.25, 0.3) is 0 Å². The number of aromatic nitrogens is 5. The van der Waals surface area contributed by atoms with Gasteiger partial charge in [0.1, 0.15) is 17.9 Å². The highest BCUT2D eigenvalue weighted by atomic mass is 32.1. The van der Waals surface area contributed by atoms with Crippen molar-refractivity contribution in [3.05, 3.63) is 22.4 Å². The Morgan fingerprint density at radius 3 is 2.95 bits per heavy atom. The predicted octanol–water partition coefficient (Wildman–Crippen LogP) is -0.295. The first kappa shape index (κ1) is 13.1. The van der Waals surface area contributed by atoms with Gasteiger partial charge in [0.2, 0.25) is 5.91 Å². The molecule has 0 aliphatic carbocycles. The number of thiazole rings is 1. The lowest BCUT2D eigenvalue weighted by molar-refractivity contribution is -0.122. The van der Waals surface area contributed by atoms with Crippen LogP contribution in [0.15, 0.2) is 11.7 Å². The van der Waals surface area contributed by atoms with Crippen molar-refractivity contribution in [3.8, 4) is 0 Å². The monoisotopic (exact) mass is 282 g/mol. The maximum Gasteiger partial charge on any atom is 0.355 e. The summed E-state index contributed by atoms with van der Waals surface area (Å²) in [6.45, 7) is 1.72. The number of hydrogen-bond acceptors (Lipinski definition) is 7. The van der Waals surface area contributed by atoms with Gasteiger partial charge in [-0.1, -0.05) is 0 Å². The van der Waals surface area contributed by atoms with Gasteiger partial charge in [-0.25, -0.2) is 14.5 Å². The number of hydrogen-bond donors (Lipinski definition) is 2. The minimum Gasteiger partial charge on any atom is -0.476 e. The number of rotatable bonds is 5. The first-order chi connectivity index (χ1) is 9.06. The molecule has 0 saturated carbocycles. The number of carbonyl (C=O) groups excluding carboxylic acids is 1. The maximum absolute atomic E-state index is 11.7. The van der Waals surface area contributed by atoms with Crippen LogP contribution >= 0.6 is 11.3 Å². The van der Waals surface area contributed by atoms with Gasteiger partial charge in [0.15, 0.2) is 5.69 Å². The van der Waals surface area contributed by atoms with Gasteiger partial charge in [0.05, 0.1) is 6.04 Å². The van der Waals surface area contributed by atoms with Crippen molar-refractivity contribution in [1.29, 1.82) is 0 Å². The zero-order valence-electron chi connectivity index (χ0n) is 9.85. The first-order valence-electron chi connectivity index (χ1n) is 5.25. The van der Waals surface area contributed by atoms with Crippen LogP contribution in [-0.2, 0) is 11.3 Å². The van der Waals surface area contributed by atoms with Crippen molar-refractivity contribution in [3.63, 3.8) is 0 Å². The van der Waals surface area contributed by atoms with Crippen LogP contribution in [0, 0.1) is 0 Å². The molecular weight excluding hydrogens is 272 g/mol. The van der Waals surface area contributed by atoms with Gasteiger partial charge in [-0.2, -0.15) is 0 Å². The Balaban J connectivity index is 1.94. The lowest BCUT2D eigenvalue weighted by atomic mass is 10.3. The van der Waals surface area contributed by atoms with E-state index in [-0.39, 0.29) is 24.2 Å². The van der Waals surface area contributed by atoms with Gasteiger partial charge in [-0.15, -0.1) is 16.4 Å². The number of nitrogens with zero attached hydrogens (tertiary/aromatic N) is 5. The molecular formula is C9H10N6O3S. The fourth-order valence-corrected chi connectivity index (χ4v) is 2.13. The summed E-state index contributed by atoms with van der Waals surface area (Å²) in [4.78, 5) is 26.3. The third-order valence-corrected chi connectivity index (χ3v) is 3.21. The van der Waals surface area contributed by atoms with Crippen molar-refractivity contribution in [2.45, 2.75) is 19.5 Å². The molecule has 0 aromatic carbocycles. The van der Waals surface area contributed by atoms with E-state index in [2.05, 4.69) is 25.8 Å². The second-order valence-corrected chi connectivity index (χ2v) is 4.56. The van der Waals surface area contributed by atoms with Crippen LogP contribution in [0.1, 0.15) is 28.5 Å². The van der Waals surface area contributed by atoms with Gasteiger partial charge in [-0.3, -0.25) is 4.79 Å². The molecule has 2 aromatic heterocycles. The van der Waals surface area contributed by atoms with Gasteiger partial charge >= 0.3 is 5.97 Å². The molecule has 1 atom stereocenters. The molecule has 0 aliphatic heterocycles. The van der Waals surface area contributed by atoms with E-state index in [1.807, 2.05) is 0 Å². The minimum absolute atomic E-state index is 0.00545. The average molecular weight is 282 g/mol. The van der Waals surface area contributed by atoms with E-state index in [0.717, 1.165) is 0 Å². The summed E-state index contributed by atoms with van der Waals surface area (Å²) < 4.78 is 1.28. The Bertz CT molecular complexity index is 581. The normalized spacial score (nSPS) is 12.1. The fraction of sp³-hybridized carbons (Fsp3) is 0.333. The molecule has 9 nitrogen and oxygen atoms in total. The van der Waals surface area contributed by atoms with Crippen molar-refractivity contribution in [1.82, 2.24) is 30.5 Å². The molecule has 0 bridgehead atoms.